The smallest absolute Gasteiger partial charge is 0.0613 e. The highest BCUT2D eigenvalue weighted by atomic mass is 16.3. The quantitative estimate of drug-likeness (QED) is 0.717. The summed E-state index contributed by atoms with van der Waals surface area (Å²) >= 11 is 0. The molecular formula is C17H32N2O. The summed E-state index contributed by atoms with van der Waals surface area (Å²) < 4.78 is 0. The van der Waals surface area contributed by atoms with Crippen LogP contribution in [0.3, 0.4) is 0 Å². The van der Waals surface area contributed by atoms with Gasteiger partial charge in [0.05, 0.1) is 6.61 Å². The second kappa shape index (κ2) is 6.33. The van der Waals surface area contributed by atoms with Crippen LogP contribution in [-0.4, -0.2) is 47.3 Å². The van der Waals surface area contributed by atoms with Crippen LogP contribution in [0.15, 0.2) is 0 Å². The maximum Gasteiger partial charge on any atom is 0.0613 e. The lowest BCUT2D eigenvalue weighted by Gasteiger charge is -2.45. The summed E-state index contributed by atoms with van der Waals surface area (Å²) in [4.78, 5) is 2.83. The van der Waals surface area contributed by atoms with Gasteiger partial charge in [0.2, 0.25) is 0 Å². The van der Waals surface area contributed by atoms with Crippen molar-refractivity contribution >= 4 is 0 Å². The topological polar surface area (TPSA) is 35.5 Å². The zero-order valence-corrected chi connectivity index (χ0v) is 13.1. The van der Waals surface area contributed by atoms with E-state index in [1.165, 1.54) is 45.1 Å². The predicted octanol–water partition coefficient (Wildman–Crippen LogP) is 2.53. The first-order chi connectivity index (χ1) is 9.76. The van der Waals surface area contributed by atoms with Crippen molar-refractivity contribution in [1.82, 2.24) is 10.2 Å². The van der Waals surface area contributed by atoms with Gasteiger partial charge in [0.15, 0.2) is 0 Å². The minimum absolute atomic E-state index is 0.00954. The first-order valence-corrected chi connectivity index (χ1v) is 8.88. The zero-order valence-electron chi connectivity index (χ0n) is 13.1. The van der Waals surface area contributed by atoms with Gasteiger partial charge in [0.25, 0.3) is 0 Å². The van der Waals surface area contributed by atoms with Gasteiger partial charge in [-0.1, -0.05) is 6.92 Å². The summed E-state index contributed by atoms with van der Waals surface area (Å²) in [7, 11) is 0. The molecule has 0 aromatic rings. The van der Waals surface area contributed by atoms with Crippen LogP contribution >= 0.6 is 0 Å². The molecule has 0 radical (unpaired) electrons. The molecule has 3 aliphatic rings. The van der Waals surface area contributed by atoms with Crippen LogP contribution in [0, 0.1) is 5.92 Å². The molecule has 0 aromatic heterocycles. The minimum atomic E-state index is 0.00954. The number of aliphatic hydroxyl groups excluding tert-OH is 1. The third-order valence-corrected chi connectivity index (χ3v) is 5.52. The summed E-state index contributed by atoms with van der Waals surface area (Å²) in [5, 5.41) is 13.6. The van der Waals surface area contributed by atoms with E-state index in [-0.39, 0.29) is 5.54 Å². The monoisotopic (exact) mass is 280 g/mol. The van der Waals surface area contributed by atoms with Crippen LogP contribution in [0.2, 0.25) is 0 Å². The molecule has 116 valence electrons. The fraction of sp³-hybridized carbons (Fsp3) is 1.00. The molecule has 3 rings (SSSR count). The molecule has 3 saturated carbocycles. The third-order valence-electron chi connectivity index (χ3n) is 5.52. The Bertz CT molecular complexity index is 314. The molecule has 3 aliphatic carbocycles. The molecule has 2 atom stereocenters. The molecule has 3 nitrogen and oxygen atoms in total. The van der Waals surface area contributed by atoms with E-state index in [1.54, 1.807) is 0 Å². The van der Waals surface area contributed by atoms with E-state index in [2.05, 4.69) is 17.1 Å². The normalized spacial score (nSPS) is 34.6. The Balaban J connectivity index is 1.62. The number of hydrogen-bond donors (Lipinski definition) is 2. The molecule has 2 unspecified atom stereocenters. The van der Waals surface area contributed by atoms with Crippen molar-refractivity contribution in [2.24, 2.45) is 5.92 Å². The van der Waals surface area contributed by atoms with Gasteiger partial charge in [-0.05, 0) is 70.3 Å². The number of nitrogens with one attached hydrogen (secondary N) is 1. The fourth-order valence-electron chi connectivity index (χ4n) is 3.97. The fourth-order valence-corrected chi connectivity index (χ4v) is 3.97. The van der Waals surface area contributed by atoms with Crippen molar-refractivity contribution in [2.75, 3.05) is 19.7 Å². The highest BCUT2D eigenvalue weighted by molar-refractivity contribution is 5.00. The Labute approximate surface area is 124 Å². The van der Waals surface area contributed by atoms with Crippen molar-refractivity contribution < 1.29 is 5.11 Å². The third kappa shape index (κ3) is 3.55. The van der Waals surface area contributed by atoms with Crippen molar-refractivity contribution in [3.63, 3.8) is 0 Å². The molecule has 0 amide bonds. The van der Waals surface area contributed by atoms with Crippen LogP contribution in [0.4, 0.5) is 0 Å². The van der Waals surface area contributed by atoms with E-state index >= 15 is 0 Å². The molecule has 0 aliphatic heterocycles. The van der Waals surface area contributed by atoms with Crippen molar-refractivity contribution in [2.45, 2.75) is 82.3 Å². The molecule has 0 aromatic carbocycles. The second-order valence-electron chi connectivity index (χ2n) is 7.49. The van der Waals surface area contributed by atoms with Gasteiger partial charge < -0.3 is 10.4 Å². The second-order valence-corrected chi connectivity index (χ2v) is 7.49. The number of nitrogens with zero attached hydrogens (tertiary/aromatic N) is 1. The van der Waals surface area contributed by atoms with Crippen LogP contribution in [0.5, 0.6) is 0 Å². The standard InChI is InChI=1S/C17H32N2O/c1-2-10-18-17(13-20)9-3-4-16(11-17)19(15-7-8-15)12-14-5-6-14/h14-16,18,20H,2-13H2,1H3. The highest BCUT2D eigenvalue weighted by Gasteiger charge is 2.43. The molecular weight excluding hydrogens is 248 g/mol. The maximum absolute atomic E-state index is 9.94. The van der Waals surface area contributed by atoms with Crippen LogP contribution in [0.25, 0.3) is 0 Å². The van der Waals surface area contributed by atoms with Gasteiger partial charge in [-0.3, -0.25) is 4.90 Å². The highest BCUT2D eigenvalue weighted by Crippen LogP contribution is 2.40. The summed E-state index contributed by atoms with van der Waals surface area (Å²) in [5.74, 6) is 0.990. The van der Waals surface area contributed by atoms with Gasteiger partial charge >= 0.3 is 0 Å². The predicted molar refractivity (Wildman–Crippen MR) is 82.8 cm³/mol. The Morgan fingerprint density at radius 1 is 1.15 bits per heavy atom. The SMILES string of the molecule is CCCNC1(CO)CCCC(N(CC2CC2)C2CC2)C1. The Morgan fingerprint density at radius 2 is 1.95 bits per heavy atom. The van der Waals surface area contributed by atoms with Crippen molar-refractivity contribution in [3.8, 4) is 0 Å². The summed E-state index contributed by atoms with van der Waals surface area (Å²) in [5.41, 5.74) is 0.00954. The van der Waals surface area contributed by atoms with E-state index in [0.717, 1.165) is 37.8 Å². The number of aliphatic hydroxyl groups is 1. The van der Waals surface area contributed by atoms with Crippen LogP contribution < -0.4 is 5.32 Å². The molecule has 0 bridgehead atoms. The Hall–Kier alpha value is -0.120. The Morgan fingerprint density at radius 3 is 2.55 bits per heavy atom. The lowest BCUT2D eigenvalue weighted by atomic mass is 9.78. The maximum atomic E-state index is 9.94. The first kappa shape index (κ1) is 14.8. The van der Waals surface area contributed by atoms with E-state index in [9.17, 15) is 5.11 Å². The largest absolute Gasteiger partial charge is 0.394 e. The summed E-state index contributed by atoms with van der Waals surface area (Å²) in [6, 6.07) is 1.59. The van der Waals surface area contributed by atoms with Gasteiger partial charge in [-0.15, -0.1) is 0 Å². The van der Waals surface area contributed by atoms with Gasteiger partial charge in [-0.25, -0.2) is 0 Å². The van der Waals surface area contributed by atoms with Crippen LogP contribution in [-0.2, 0) is 0 Å². The average Bonchev–Trinajstić information content (AvgIpc) is 3.36. The molecule has 3 fully saturated rings. The van der Waals surface area contributed by atoms with Gasteiger partial charge in [0, 0.05) is 24.2 Å². The molecule has 0 saturated heterocycles. The van der Waals surface area contributed by atoms with E-state index in [0.29, 0.717) is 12.6 Å². The van der Waals surface area contributed by atoms with Gasteiger partial charge in [-0.2, -0.15) is 0 Å². The Kier molecular flexibility index (Phi) is 4.68. The van der Waals surface area contributed by atoms with E-state index in [4.69, 9.17) is 0 Å². The summed E-state index contributed by atoms with van der Waals surface area (Å²) in [6.45, 7) is 4.90. The average molecular weight is 280 g/mol. The number of rotatable bonds is 8. The van der Waals surface area contributed by atoms with E-state index < -0.39 is 0 Å². The molecule has 3 heteroatoms. The summed E-state index contributed by atoms with van der Waals surface area (Å²) in [6.07, 6.45) is 11.8. The van der Waals surface area contributed by atoms with Gasteiger partial charge in [0.1, 0.15) is 0 Å². The zero-order chi connectivity index (χ0) is 14.0. The first-order valence-electron chi connectivity index (χ1n) is 8.88. The lowest BCUT2D eigenvalue weighted by Crippen LogP contribution is -2.56. The molecule has 20 heavy (non-hydrogen) atoms. The molecule has 0 spiro atoms. The minimum Gasteiger partial charge on any atom is -0.394 e. The van der Waals surface area contributed by atoms with E-state index in [1.807, 2.05) is 0 Å². The van der Waals surface area contributed by atoms with Crippen LogP contribution in [0.1, 0.15) is 64.7 Å². The number of hydrogen-bond acceptors (Lipinski definition) is 3. The lowest BCUT2D eigenvalue weighted by molar-refractivity contribution is 0.0532. The molecule has 0 heterocycles. The van der Waals surface area contributed by atoms with Crippen molar-refractivity contribution in [3.05, 3.63) is 0 Å². The molecule has 2 N–H and O–H groups in total. The van der Waals surface area contributed by atoms with Crippen molar-refractivity contribution in [1.29, 1.82) is 0 Å².